The molecular weight excluding hydrogens is 180 g/mol. The van der Waals surface area contributed by atoms with Crippen molar-refractivity contribution in [2.24, 2.45) is 0 Å². The van der Waals surface area contributed by atoms with Crippen molar-refractivity contribution in [3.63, 3.8) is 0 Å². The molecule has 0 saturated heterocycles. The van der Waals surface area contributed by atoms with Crippen LogP contribution < -0.4 is 0 Å². The molecule has 0 spiro atoms. The quantitative estimate of drug-likeness (QED) is 0.664. The van der Waals surface area contributed by atoms with E-state index in [9.17, 15) is 0 Å². The molecule has 0 amide bonds. The molecule has 1 rings (SSSR count). The summed E-state index contributed by atoms with van der Waals surface area (Å²) < 4.78 is 0. The van der Waals surface area contributed by atoms with Gasteiger partial charge in [0.25, 0.3) is 0 Å². The molecule has 0 N–H and O–H groups in total. The highest BCUT2D eigenvalue weighted by Crippen LogP contribution is 2.28. The molecule has 0 atom stereocenters. The monoisotopic (exact) mass is 201 g/mol. The van der Waals surface area contributed by atoms with Crippen LogP contribution >= 0.6 is 0 Å². The second kappa shape index (κ2) is 5.16. The van der Waals surface area contributed by atoms with Crippen molar-refractivity contribution in [2.45, 2.75) is 39.5 Å². The van der Waals surface area contributed by atoms with Gasteiger partial charge in [0.15, 0.2) is 0 Å². The van der Waals surface area contributed by atoms with Gasteiger partial charge in [0, 0.05) is 6.42 Å². The van der Waals surface area contributed by atoms with Gasteiger partial charge in [-0.3, -0.25) is 0 Å². The zero-order valence-corrected chi connectivity index (χ0v) is 10.2. The highest BCUT2D eigenvalue weighted by Gasteiger charge is 2.11. The molecular formula is C15H21. The summed E-state index contributed by atoms with van der Waals surface area (Å²) in [6.07, 6.45) is 4.01. The molecule has 0 aliphatic carbocycles. The molecule has 15 heavy (non-hydrogen) atoms. The summed E-state index contributed by atoms with van der Waals surface area (Å²) in [4.78, 5) is 0. The van der Waals surface area contributed by atoms with E-state index in [4.69, 9.17) is 0 Å². The Balaban J connectivity index is 3.27. The Morgan fingerprint density at radius 2 is 1.47 bits per heavy atom. The Morgan fingerprint density at radius 3 is 1.80 bits per heavy atom. The van der Waals surface area contributed by atoms with Crippen LogP contribution in [-0.2, 0) is 0 Å². The van der Waals surface area contributed by atoms with Gasteiger partial charge in [0.05, 0.1) is 0 Å². The highest BCUT2D eigenvalue weighted by atomic mass is 14.2. The zero-order valence-electron chi connectivity index (χ0n) is 10.2. The molecule has 0 nitrogen and oxygen atoms in total. The van der Waals surface area contributed by atoms with Crippen LogP contribution in [0.3, 0.4) is 0 Å². The standard InChI is InChI=1S/C15H21/c1-6-8-15-13(11(2)3)9-7-10-14(15)12(4)5/h6-12H,1H2,2-5H3. The largest absolute Gasteiger partial charge is 0.102 e. The molecule has 0 heteroatoms. The minimum atomic E-state index is 0.565. The van der Waals surface area contributed by atoms with Crippen molar-refractivity contribution in [1.29, 1.82) is 0 Å². The molecule has 0 unspecified atom stereocenters. The number of rotatable bonds is 4. The molecule has 81 valence electrons. The number of hydrogen-bond acceptors (Lipinski definition) is 0. The lowest BCUT2D eigenvalue weighted by Gasteiger charge is -2.18. The predicted octanol–water partition coefficient (Wildman–Crippen LogP) is 4.67. The van der Waals surface area contributed by atoms with Gasteiger partial charge < -0.3 is 0 Å². The lowest BCUT2D eigenvalue weighted by atomic mass is 9.87. The lowest BCUT2D eigenvalue weighted by molar-refractivity contribution is 0.822. The van der Waals surface area contributed by atoms with Crippen molar-refractivity contribution >= 4 is 0 Å². The third kappa shape index (κ3) is 2.71. The molecule has 0 aliphatic rings. The fourth-order valence-corrected chi connectivity index (χ4v) is 1.92. The van der Waals surface area contributed by atoms with Crippen LogP contribution in [0.25, 0.3) is 0 Å². The molecule has 0 aromatic heterocycles. The van der Waals surface area contributed by atoms with Gasteiger partial charge in [-0.2, -0.15) is 0 Å². The molecule has 0 saturated carbocycles. The molecule has 1 aromatic carbocycles. The summed E-state index contributed by atoms with van der Waals surface area (Å²) >= 11 is 0. The summed E-state index contributed by atoms with van der Waals surface area (Å²) in [5, 5.41) is 0. The van der Waals surface area contributed by atoms with Crippen molar-refractivity contribution in [2.75, 3.05) is 0 Å². The molecule has 0 heterocycles. The second-order valence-electron chi connectivity index (χ2n) is 4.56. The predicted molar refractivity (Wildman–Crippen MR) is 68.2 cm³/mol. The van der Waals surface area contributed by atoms with Gasteiger partial charge in [-0.15, -0.1) is 6.58 Å². The average molecular weight is 201 g/mol. The second-order valence-corrected chi connectivity index (χ2v) is 4.56. The maximum absolute atomic E-state index is 3.80. The first-order valence-electron chi connectivity index (χ1n) is 5.66. The lowest BCUT2D eigenvalue weighted by Crippen LogP contribution is -2.01. The van der Waals surface area contributed by atoms with Gasteiger partial charge in [0.1, 0.15) is 0 Å². The fourth-order valence-electron chi connectivity index (χ4n) is 1.92. The van der Waals surface area contributed by atoms with Crippen LogP contribution in [-0.4, -0.2) is 0 Å². The molecule has 0 fully saturated rings. The van der Waals surface area contributed by atoms with E-state index in [1.807, 2.05) is 6.08 Å². The van der Waals surface area contributed by atoms with Crippen molar-refractivity contribution in [3.8, 4) is 0 Å². The van der Waals surface area contributed by atoms with Gasteiger partial charge in [-0.1, -0.05) is 52.0 Å². The van der Waals surface area contributed by atoms with E-state index >= 15 is 0 Å². The third-order valence-electron chi connectivity index (χ3n) is 2.70. The Labute approximate surface area is 94.0 Å². The SMILES string of the molecule is C=C[CH]c1c(C(C)C)cccc1C(C)C. The Kier molecular flexibility index (Phi) is 4.14. The maximum atomic E-state index is 3.80. The number of benzene rings is 1. The fraction of sp³-hybridized carbons (Fsp3) is 0.400. The Morgan fingerprint density at radius 1 is 1.00 bits per heavy atom. The van der Waals surface area contributed by atoms with Crippen LogP contribution in [0.2, 0.25) is 0 Å². The first-order chi connectivity index (χ1) is 7.07. The number of allylic oxidation sites excluding steroid dienone is 1. The summed E-state index contributed by atoms with van der Waals surface area (Å²) in [7, 11) is 0. The minimum Gasteiger partial charge on any atom is -0.102 e. The summed E-state index contributed by atoms with van der Waals surface area (Å²) in [6, 6.07) is 6.59. The summed E-state index contributed by atoms with van der Waals surface area (Å²) in [5.41, 5.74) is 4.19. The van der Waals surface area contributed by atoms with E-state index in [2.05, 4.69) is 58.9 Å². The molecule has 0 aliphatic heterocycles. The van der Waals surface area contributed by atoms with Gasteiger partial charge >= 0.3 is 0 Å². The van der Waals surface area contributed by atoms with E-state index in [-0.39, 0.29) is 0 Å². The van der Waals surface area contributed by atoms with Gasteiger partial charge in [0.2, 0.25) is 0 Å². The first kappa shape index (κ1) is 12.0. The van der Waals surface area contributed by atoms with Crippen LogP contribution in [0.4, 0.5) is 0 Å². The molecule has 1 radical (unpaired) electrons. The van der Waals surface area contributed by atoms with Crippen LogP contribution in [0, 0.1) is 6.42 Å². The van der Waals surface area contributed by atoms with Crippen LogP contribution in [0.5, 0.6) is 0 Å². The van der Waals surface area contributed by atoms with E-state index in [0.29, 0.717) is 11.8 Å². The van der Waals surface area contributed by atoms with E-state index in [1.165, 1.54) is 16.7 Å². The Bertz CT molecular complexity index is 306. The molecule has 1 aromatic rings. The van der Waals surface area contributed by atoms with Crippen molar-refractivity contribution in [1.82, 2.24) is 0 Å². The molecule has 0 bridgehead atoms. The van der Waals surface area contributed by atoms with Gasteiger partial charge in [-0.05, 0) is 28.5 Å². The third-order valence-corrected chi connectivity index (χ3v) is 2.70. The average Bonchev–Trinajstić information content (AvgIpc) is 2.17. The van der Waals surface area contributed by atoms with Gasteiger partial charge in [-0.25, -0.2) is 0 Å². The van der Waals surface area contributed by atoms with Crippen molar-refractivity contribution < 1.29 is 0 Å². The number of hydrogen-bond donors (Lipinski definition) is 0. The summed E-state index contributed by atoms with van der Waals surface area (Å²) in [5.74, 6) is 1.13. The van der Waals surface area contributed by atoms with Crippen LogP contribution in [0.1, 0.15) is 56.2 Å². The van der Waals surface area contributed by atoms with Crippen molar-refractivity contribution in [3.05, 3.63) is 54.0 Å². The van der Waals surface area contributed by atoms with E-state index in [0.717, 1.165) is 0 Å². The highest BCUT2D eigenvalue weighted by molar-refractivity contribution is 5.45. The van der Waals surface area contributed by atoms with E-state index < -0.39 is 0 Å². The summed E-state index contributed by atoms with van der Waals surface area (Å²) in [6.45, 7) is 12.7. The smallest absolute Gasteiger partial charge is 0.0125 e. The minimum absolute atomic E-state index is 0.565. The van der Waals surface area contributed by atoms with E-state index in [1.54, 1.807) is 0 Å². The maximum Gasteiger partial charge on any atom is 0.0125 e. The topological polar surface area (TPSA) is 0 Å². The van der Waals surface area contributed by atoms with Crippen LogP contribution in [0.15, 0.2) is 30.9 Å². The zero-order chi connectivity index (χ0) is 11.4. The Hall–Kier alpha value is -1.04. The first-order valence-corrected chi connectivity index (χ1v) is 5.66. The normalized spacial score (nSPS) is 11.1.